The maximum atomic E-state index is 14.4. The third-order valence-electron chi connectivity index (χ3n) is 4.16. The Kier molecular flexibility index (Phi) is 4.09. The van der Waals surface area contributed by atoms with Crippen LogP contribution in [0.2, 0.25) is 0 Å². The topological polar surface area (TPSA) is 57.5 Å². The largest absolute Gasteiger partial charge is 0.494 e. The zero-order chi connectivity index (χ0) is 17.4. The van der Waals surface area contributed by atoms with E-state index in [0.717, 1.165) is 0 Å². The molecule has 2 aromatic rings. The van der Waals surface area contributed by atoms with Gasteiger partial charge in [0.2, 0.25) is 5.82 Å². The SMILES string of the molecule is COC(=O)c1cc(-c2ccc(OC)c(F)c2F)c(=O)n2c1CCC2. The van der Waals surface area contributed by atoms with Gasteiger partial charge in [-0.05, 0) is 31.0 Å². The molecule has 0 unspecified atom stereocenters. The van der Waals surface area contributed by atoms with Crippen LogP contribution in [0.15, 0.2) is 23.0 Å². The summed E-state index contributed by atoms with van der Waals surface area (Å²) in [6.07, 6.45) is 1.25. The third kappa shape index (κ3) is 2.36. The van der Waals surface area contributed by atoms with E-state index in [1.165, 1.54) is 37.0 Å². The summed E-state index contributed by atoms with van der Waals surface area (Å²) < 4.78 is 39.2. The van der Waals surface area contributed by atoms with Crippen molar-refractivity contribution >= 4 is 5.97 Å². The number of benzene rings is 1. The van der Waals surface area contributed by atoms with Crippen molar-refractivity contribution in [3.8, 4) is 16.9 Å². The lowest BCUT2D eigenvalue weighted by molar-refractivity contribution is 0.0598. The van der Waals surface area contributed by atoms with E-state index in [1.807, 2.05) is 0 Å². The third-order valence-corrected chi connectivity index (χ3v) is 4.16. The molecule has 1 aromatic carbocycles. The molecule has 0 fully saturated rings. The van der Waals surface area contributed by atoms with Crippen molar-refractivity contribution in [3.63, 3.8) is 0 Å². The number of pyridine rings is 1. The smallest absolute Gasteiger partial charge is 0.339 e. The molecule has 24 heavy (non-hydrogen) atoms. The van der Waals surface area contributed by atoms with Crippen LogP contribution in [-0.2, 0) is 17.7 Å². The molecule has 5 nitrogen and oxygen atoms in total. The molecule has 0 N–H and O–H groups in total. The van der Waals surface area contributed by atoms with Crippen molar-refractivity contribution in [1.82, 2.24) is 4.57 Å². The van der Waals surface area contributed by atoms with Crippen molar-refractivity contribution in [2.75, 3.05) is 14.2 Å². The van der Waals surface area contributed by atoms with Crippen molar-refractivity contribution in [3.05, 3.63) is 51.4 Å². The second kappa shape index (κ2) is 6.07. The number of hydrogen-bond acceptors (Lipinski definition) is 4. The Hall–Kier alpha value is -2.70. The normalized spacial score (nSPS) is 12.8. The van der Waals surface area contributed by atoms with Crippen LogP contribution in [-0.4, -0.2) is 24.8 Å². The summed E-state index contributed by atoms with van der Waals surface area (Å²) in [5, 5.41) is 0. The van der Waals surface area contributed by atoms with Gasteiger partial charge < -0.3 is 14.0 Å². The van der Waals surface area contributed by atoms with Crippen LogP contribution in [0.5, 0.6) is 5.75 Å². The summed E-state index contributed by atoms with van der Waals surface area (Å²) in [4.78, 5) is 24.6. The Balaban J connectivity index is 2.28. The average molecular weight is 335 g/mol. The molecule has 0 atom stereocenters. The molecule has 126 valence electrons. The Morgan fingerprint density at radius 3 is 2.58 bits per heavy atom. The lowest BCUT2D eigenvalue weighted by Gasteiger charge is -2.13. The van der Waals surface area contributed by atoms with E-state index in [2.05, 4.69) is 0 Å². The molecule has 0 spiro atoms. The van der Waals surface area contributed by atoms with Gasteiger partial charge >= 0.3 is 5.97 Å². The van der Waals surface area contributed by atoms with Gasteiger partial charge in [0.15, 0.2) is 11.6 Å². The molecule has 2 heterocycles. The molecule has 0 aliphatic carbocycles. The summed E-state index contributed by atoms with van der Waals surface area (Å²) in [5.41, 5.74) is -0.00501. The van der Waals surface area contributed by atoms with Crippen molar-refractivity contribution in [1.29, 1.82) is 0 Å². The number of aromatic nitrogens is 1. The highest BCUT2D eigenvalue weighted by molar-refractivity contribution is 5.92. The van der Waals surface area contributed by atoms with Gasteiger partial charge in [-0.25, -0.2) is 9.18 Å². The van der Waals surface area contributed by atoms with Crippen LogP contribution in [0.25, 0.3) is 11.1 Å². The van der Waals surface area contributed by atoms with Gasteiger partial charge in [-0.15, -0.1) is 0 Å². The molecule has 1 aliphatic rings. The van der Waals surface area contributed by atoms with Crippen LogP contribution in [0.1, 0.15) is 22.5 Å². The number of ether oxygens (including phenoxy) is 2. The molecule has 0 bridgehead atoms. The highest BCUT2D eigenvalue weighted by Gasteiger charge is 2.26. The van der Waals surface area contributed by atoms with E-state index < -0.39 is 23.2 Å². The van der Waals surface area contributed by atoms with E-state index >= 15 is 0 Å². The number of esters is 1. The molecular weight excluding hydrogens is 320 g/mol. The van der Waals surface area contributed by atoms with Gasteiger partial charge in [-0.1, -0.05) is 0 Å². The van der Waals surface area contributed by atoms with Gasteiger partial charge in [0.05, 0.1) is 25.3 Å². The van der Waals surface area contributed by atoms with Crippen LogP contribution < -0.4 is 10.3 Å². The van der Waals surface area contributed by atoms with Crippen LogP contribution in [0, 0.1) is 11.6 Å². The standard InChI is InChI=1S/C17H15F2NO4/c1-23-13-6-5-9(14(18)15(13)19)10-8-11(17(22)24-2)12-4-3-7-20(12)16(10)21/h5-6,8H,3-4,7H2,1-2H3. The number of nitrogens with zero attached hydrogens (tertiary/aromatic N) is 1. The Labute approximate surface area is 136 Å². The number of hydrogen-bond donors (Lipinski definition) is 0. The minimum absolute atomic E-state index is 0.0832. The fourth-order valence-electron chi connectivity index (χ4n) is 2.99. The van der Waals surface area contributed by atoms with Crippen molar-refractivity contribution in [2.45, 2.75) is 19.4 Å². The van der Waals surface area contributed by atoms with Gasteiger partial charge in [0, 0.05) is 17.8 Å². The zero-order valence-electron chi connectivity index (χ0n) is 13.2. The molecule has 0 radical (unpaired) electrons. The molecule has 7 heteroatoms. The first-order valence-electron chi connectivity index (χ1n) is 7.37. The van der Waals surface area contributed by atoms with Gasteiger partial charge in [-0.2, -0.15) is 4.39 Å². The van der Waals surface area contributed by atoms with Crippen LogP contribution >= 0.6 is 0 Å². The first kappa shape index (κ1) is 16.2. The first-order valence-corrected chi connectivity index (χ1v) is 7.37. The minimum atomic E-state index is -1.19. The average Bonchev–Trinajstić information content (AvgIpc) is 3.08. The van der Waals surface area contributed by atoms with E-state index in [-0.39, 0.29) is 22.4 Å². The highest BCUT2D eigenvalue weighted by Crippen LogP contribution is 2.30. The summed E-state index contributed by atoms with van der Waals surface area (Å²) in [6, 6.07) is 3.77. The number of methoxy groups -OCH3 is 2. The molecule has 0 saturated heterocycles. The molecule has 3 rings (SSSR count). The fraction of sp³-hybridized carbons (Fsp3) is 0.294. The summed E-state index contributed by atoms with van der Waals surface area (Å²) in [6.45, 7) is 0.423. The number of halogens is 2. The lowest BCUT2D eigenvalue weighted by Crippen LogP contribution is -2.24. The first-order chi connectivity index (χ1) is 11.5. The molecule has 0 amide bonds. The maximum Gasteiger partial charge on any atom is 0.339 e. The predicted molar refractivity (Wildman–Crippen MR) is 82.3 cm³/mol. The predicted octanol–water partition coefficient (Wildman–Crippen LogP) is 2.53. The van der Waals surface area contributed by atoms with Gasteiger partial charge in [0.1, 0.15) is 0 Å². The van der Waals surface area contributed by atoms with Crippen molar-refractivity contribution in [2.24, 2.45) is 0 Å². The number of fused-ring (bicyclic) bond motifs is 1. The Bertz CT molecular complexity index is 889. The minimum Gasteiger partial charge on any atom is -0.494 e. The molecular formula is C17H15F2NO4. The second-order valence-corrected chi connectivity index (χ2v) is 5.41. The van der Waals surface area contributed by atoms with Crippen LogP contribution in [0.3, 0.4) is 0 Å². The van der Waals surface area contributed by atoms with Crippen molar-refractivity contribution < 1.29 is 23.0 Å². The lowest BCUT2D eigenvalue weighted by atomic mass is 10.0. The zero-order valence-corrected chi connectivity index (χ0v) is 13.2. The van der Waals surface area contributed by atoms with E-state index in [4.69, 9.17) is 9.47 Å². The van der Waals surface area contributed by atoms with E-state index in [1.54, 1.807) is 0 Å². The fourth-order valence-corrected chi connectivity index (χ4v) is 2.99. The number of carbonyl (C=O) groups excluding carboxylic acids is 1. The highest BCUT2D eigenvalue weighted by atomic mass is 19.2. The summed E-state index contributed by atoms with van der Waals surface area (Å²) >= 11 is 0. The Morgan fingerprint density at radius 1 is 1.17 bits per heavy atom. The molecule has 1 aliphatic heterocycles. The number of carbonyl (C=O) groups is 1. The Morgan fingerprint density at radius 2 is 1.92 bits per heavy atom. The second-order valence-electron chi connectivity index (χ2n) is 5.41. The van der Waals surface area contributed by atoms with E-state index in [9.17, 15) is 18.4 Å². The van der Waals surface area contributed by atoms with Gasteiger partial charge in [0.25, 0.3) is 5.56 Å². The molecule has 1 aromatic heterocycles. The van der Waals surface area contributed by atoms with Crippen LogP contribution in [0.4, 0.5) is 8.78 Å². The molecule has 0 saturated carbocycles. The van der Waals surface area contributed by atoms with Gasteiger partial charge in [-0.3, -0.25) is 4.79 Å². The van der Waals surface area contributed by atoms with E-state index in [0.29, 0.717) is 25.1 Å². The number of rotatable bonds is 3. The monoisotopic (exact) mass is 335 g/mol. The summed E-state index contributed by atoms with van der Waals surface area (Å²) in [5.74, 6) is -3.25. The maximum absolute atomic E-state index is 14.4. The quantitative estimate of drug-likeness (QED) is 0.809. The summed E-state index contributed by atoms with van der Waals surface area (Å²) in [7, 11) is 2.45.